The molecular weight excluding hydrogens is 280 g/mol. The molecule has 15 heavy (non-hydrogen) atoms. The summed E-state index contributed by atoms with van der Waals surface area (Å²) in [6, 6.07) is 3.18. The summed E-state index contributed by atoms with van der Waals surface area (Å²) in [4.78, 5) is 0. The summed E-state index contributed by atoms with van der Waals surface area (Å²) >= 11 is 17.5. The highest BCUT2D eigenvalue weighted by Crippen LogP contribution is 2.35. The van der Waals surface area contributed by atoms with E-state index in [-0.39, 0.29) is 12.4 Å². The fourth-order valence-electron chi connectivity index (χ4n) is 0.924. The average molecular weight is 291 g/mol. The van der Waals surface area contributed by atoms with Crippen molar-refractivity contribution >= 4 is 47.2 Å². The fraction of sp³-hybridized carbons (Fsp3) is 0.333. The lowest BCUT2D eigenvalue weighted by molar-refractivity contribution is 0.314. The Morgan fingerprint density at radius 3 is 2.13 bits per heavy atom. The third kappa shape index (κ3) is 4.66. The van der Waals surface area contributed by atoms with Gasteiger partial charge in [-0.3, -0.25) is 0 Å². The first-order valence-electron chi connectivity index (χ1n) is 4.12. The predicted molar refractivity (Wildman–Crippen MR) is 67.9 cm³/mol. The van der Waals surface area contributed by atoms with Gasteiger partial charge in [-0.2, -0.15) is 0 Å². The highest BCUT2D eigenvalue weighted by molar-refractivity contribution is 6.40. The molecule has 1 aromatic carbocycles. The number of nitrogens with two attached hydrogens (primary N) is 1. The Kier molecular flexibility index (Phi) is 7.49. The summed E-state index contributed by atoms with van der Waals surface area (Å²) in [6.07, 6.45) is 0.759. The van der Waals surface area contributed by atoms with E-state index in [1.807, 2.05) is 0 Å². The summed E-state index contributed by atoms with van der Waals surface area (Å²) in [5.74, 6) is 0.464. The molecule has 2 nitrogen and oxygen atoms in total. The standard InChI is InChI=1S/C9H10Cl3NO.ClH/c10-6-4-7(11)9(8(12)5-6)14-3-1-2-13;/h4-5H,1-3,13H2;1H. The molecule has 0 amide bonds. The molecule has 2 N–H and O–H groups in total. The van der Waals surface area contributed by atoms with Crippen LogP contribution in [0.15, 0.2) is 12.1 Å². The van der Waals surface area contributed by atoms with E-state index >= 15 is 0 Å². The highest BCUT2D eigenvalue weighted by Gasteiger charge is 2.08. The Morgan fingerprint density at radius 2 is 1.67 bits per heavy atom. The van der Waals surface area contributed by atoms with Gasteiger partial charge >= 0.3 is 0 Å². The molecule has 0 aliphatic carbocycles. The van der Waals surface area contributed by atoms with Gasteiger partial charge in [-0.25, -0.2) is 0 Å². The topological polar surface area (TPSA) is 35.2 Å². The molecule has 0 aliphatic heterocycles. The number of ether oxygens (including phenoxy) is 1. The lowest BCUT2D eigenvalue weighted by atomic mass is 10.3. The molecule has 0 radical (unpaired) electrons. The van der Waals surface area contributed by atoms with Gasteiger partial charge in [0.1, 0.15) is 0 Å². The molecule has 0 bridgehead atoms. The van der Waals surface area contributed by atoms with Crippen molar-refractivity contribution in [2.75, 3.05) is 13.2 Å². The maximum absolute atomic E-state index is 5.89. The van der Waals surface area contributed by atoms with Crippen LogP contribution in [0.25, 0.3) is 0 Å². The van der Waals surface area contributed by atoms with Gasteiger partial charge in [-0.05, 0) is 25.1 Å². The quantitative estimate of drug-likeness (QED) is 0.856. The van der Waals surface area contributed by atoms with E-state index in [4.69, 9.17) is 45.3 Å². The lowest BCUT2D eigenvalue weighted by Crippen LogP contribution is -2.06. The molecule has 0 spiro atoms. The van der Waals surface area contributed by atoms with Crippen molar-refractivity contribution in [3.8, 4) is 5.75 Å². The number of halogens is 4. The normalized spacial score (nSPS) is 9.60. The van der Waals surface area contributed by atoms with Gasteiger partial charge in [-0.1, -0.05) is 34.8 Å². The van der Waals surface area contributed by atoms with Crippen LogP contribution in [0.4, 0.5) is 0 Å². The molecule has 0 saturated heterocycles. The van der Waals surface area contributed by atoms with Gasteiger partial charge in [0.15, 0.2) is 5.75 Å². The highest BCUT2D eigenvalue weighted by atomic mass is 35.5. The zero-order valence-electron chi connectivity index (χ0n) is 7.80. The molecule has 0 heterocycles. The van der Waals surface area contributed by atoms with Crippen LogP contribution in [0.3, 0.4) is 0 Å². The Hall–Kier alpha value is 0.140. The molecule has 1 rings (SSSR count). The lowest BCUT2D eigenvalue weighted by Gasteiger charge is -2.09. The van der Waals surface area contributed by atoms with Gasteiger partial charge in [-0.15, -0.1) is 12.4 Å². The van der Waals surface area contributed by atoms with Crippen LogP contribution >= 0.6 is 47.2 Å². The molecule has 6 heteroatoms. The van der Waals surface area contributed by atoms with Crippen molar-refractivity contribution in [1.82, 2.24) is 0 Å². The molecule has 0 aliphatic rings. The maximum Gasteiger partial charge on any atom is 0.156 e. The van der Waals surface area contributed by atoms with E-state index in [2.05, 4.69) is 0 Å². The zero-order valence-corrected chi connectivity index (χ0v) is 10.9. The van der Waals surface area contributed by atoms with Crippen molar-refractivity contribution in [2.45, 2.75) is 6.42 Å². The second-order valence-corrected chi connectivity index (χ2v) is 3.94. The molecular formula is C9H11Cl4NO. The van der Waals surface area contributed by atoms with E-state index < -0.39 is 0 Å². The fourth-order valence-corrected chi connectivity index (χ4v) is 1.85. The van der Waals surface area contributed by atoms with Crippen LogP contribution in [0.2, 0.25) is 15.1 Å². The summed E-state index contributed by atoms with van der Waals surface area (Å²) < 4.78 is 5.36. The minimum Gasteiger partial charge on any atom is -0.490 e. The number of hydrogen-bond donors (Lipinski definition) is 1. The molecule has 0 fully saturated rings. The zero-order chi connectivity index (χ0) is 10.6. The van der Waals surface area contributed by atoms with Crippen LogP contribution < -0.4 is 10.5 Å². The van der Waals surface area contributed by atoms with Crippen LogP contribution in [0.5, 0.6) is 5.75 Å². The number of rotatable bonds is 4. The van der Waals surface area contributed by atoms with Gasteiger partial charge in [0.25, 0.3) is 0 Å². The second-order valence-electron chi connectivity index (χ2n) is 2.69. The first-order valence-corrected chi connectivity index (χ1v) is 5.26. The van der Waals surface area contributed by atoms with Crippen LogP contribution in [-0.2, 0) is 0 Å². The molecule has 86 valence electrons. The summed E-state index contributed by atoms with van der Waals surface area (Å²) in [6.45, 7) is 1.07. The minimum absolute atomic E-state index is 0. The van der Waals surface area contributed by atoms with E-state index in [0.717, 1.165) is 6.42 Å². The Labute approximate surface area is 110 Å². The van der Waals surface area contributed by atoms with Gasteiger partial charge in [0.05, 0.1) is 16.7 Å². The molecule has 0 unspecified atom stereocenters. The van der Waals surface area contributed by atoms with Crippen molar-refractivity contribution in [3.63, 3.8) is 0 Å². The monoisotopic (exact) mass is 289 g/mol. The minimum atomic E-state index is 0. The largest absolute Gasteiger partial charge is 0.490 e. The molecule has 1 aromatic rings. The third-order valence-electron chi connectivity index (χ3n) is 1.56. The van der Waals surface area contributed by atoms with E-state index in [9.17, 15) is 0 Å². The summed E-state index contributed by atoms with van der Waals surface area (Å²) in [5, 5.41) is 1.32. The van der Waals surface area contributed by atoms with Gasteiger partial charge in [0, 0.05) is 5.02 Å². The van der Waals surface area contributed by atoms with E-state index in [1.165, 1.54) is 0 Å². The average Bonchev–Trinajstić information content (AvgIpc) is 2.09. The van der Waals surface area contributed by atoms with Crippen molar-refractivity contribution in [1.29, 1.82) is 0 Å². The molecule has 0 atom stereocenters. The maximum atomic E-state index is 5.89. The molecule has 0 saturated carbocycles. The first-order chi connectivity index (χ1) is 6.65. The van der Waals surface area contributed by atoms with Crippen molar-refractivity contribution < 1.29 is 4.74 Å². The molecule has 0 aromatic heterocycles. The SMILES string of the molecule is Cl.NCCCOc1c(Cl)cc(Cl)cc1Cl. The first kappa shape index (κ1) is 15.1. The smallest absolute Gasteiger partial charge is 0.156 e. The Morgan fingerprint density at radius 1 is 1.13 bits per heavy atom. The number of benzene rings is 1. The van der Waals surface area contributed by atoms with Crippen molar-refractivity contribution in [3.05, 3.63) is 27.2 Å². The predicted octanol–water partition coefficient (Wildman–Crippen LogP) is 3.80. The van der Waals surface area contributed by atoms with E-state index in [1.54, 1.807) is 12.1 Å². The summed E-state index contributed by atoms with van der Waals surface area (Å²) in [7, 11) is 0. The van der Waals surface area contributed by atoms with Crippen molar-refractivity contribution in [2.24, 2.45) is 5.73 Å². The van der Waals surface area contributed by atoms with Crippen LogP contribution in [0.1, 0.15) is 6.42 Å². The second kappa shape index (κ2) is 7.42. The van der Waals surface area contributed by atoms with Crippen LogP contribution in [-0.4, -0.2) is 13.2 Å². The van der Waals surface area contributed by atoms with Gasteiger partial charge < -0.3 is 10.5 Å². The Bertz CT molecular complexity index is 296. The summed E-state index contributed by atoms with van der Waals surface area (Å²) in [5.41, 5.74) is 5.33. The van der Waals surface area contributed by atoms with Crippen LogP contribution in [0, 0.1) is 0 Å². The number of hydrogen-bond acceptors (Lipinski definition) is 2. The Balaban J connectivity index is 0.00000196. The third-order valence-corrected chi connectivity index (χ3v) is 2.34. The van der Waals surface area contributed by atoms with E-state index in [0.29, 0.717) is 34.0 Å². The van der Waals surface area contributed by atoms with Gasteiger partial charge in [0.2, 0.25) is 0 Å².